The Labute approximate surface area is 182 Å². The molecule has 0 amide bonds. The van der Waals surface area contributed by atoms with Crippen molar-refractivity contribution < 1.29 is 0 Å². The molecule has 0 saturated carbocycles. The van der Waals surface area contributed by atoms with Crippen LogP contribution >= 0.6 is 35.6 Å². The first-order valence-corrected chi connectivity index (χ1v) is 9.27. The predicted octanol–water partition coefficient (Wildman–Crippen LogP) is 3.04. The Bertz CT molecular complexity index is 752. The minimum Gasteiger partial charge on any atom is -0.356 e. The van der Waals surface area contributed by atoms with Crippen LogP contribution < -0.4 is 15.5 Å². The number of anilines is 1. The SMILES string of the molecule is CN=C(NCCc1ccc(C)nc1)NC1CCN(c2ncccc2Cl)C1.I. The third kappa shape index (κ3) is 6.21. The molecule has 1 atom stereocenters. The molecule has 0 radical (unpaired) electrons. The fraction of sp³-hybridized carbons (Fsp3) is 0.421. The van der Waals surface area contributed by atoms with Gasteiger partial charge in [0.25, 0.3) is 0 Å². The van der Waals surface area contributed by atoms with Gasteiger partial charge in [0.1, 0.15) is 5.82 Å². The van der Waals surface area contributed by atoms with E-state index in [-0.39, 0.29) is 24.0 Å². The minimum atomic E-state index is 0. The van der Waals surface area contributed by atoms with E-state index >= 15 is 0 Å². The van der Waals surface area contributed by atoms with Gasteiger partial charge in [0.05, 0.1) is 5.02 Å². The zero-order valence-electron chi connectivity index (χ0n) is 15.7. The van der Waals surface area contributed by atoms with Gasteiger partial charge in [-0.15, -0.1) is 24.0 Å². The van der Waals surface area contributed by atoms with Crippen LogP contribution in [0.3, 0.4) is 0 Å². The number of aryl methyl sites for hydroxylation is 1. The molecular weight excluding hydrogens is 475 g/mol. The molecule has 3 rings (SSSR count). The van der Waals surface area contributed by atoms with Crippen LogP contribution in [0.25, 0.3) is 0 Å². The van der Waals surface area contributed by atoms with Gasteiger partial charge in [-0.25, -0.2) is 4.98 Å². The summed E-state index contributed by atoms with van der Waals surface area (Å²) in [5.41, 5.74) is 2.26. The van der Waals surface area contributed by atoms with Crippen LogP contribution in [0.4, 0.5) is 5.82 Å². The quantitative estimate of drug-likeness (QED) is 0.375. The molecule has 27 heavy (non-hydrogen) atoms. The summed E-state index contributed by atoms with van der Waals surface area (Å²) in [6, 6.07) is 8.21. The van der Waals surface area contributed by atoms with Crippen molar-refractivity contribution in [3.05, 3.63) is 52.9 Å². The third-order valence-corrected chi connectivity index (χ3v) is 4.77. The molecular formula is C19H26ClIN6. The number of hydrogen-bond acceptors (Lipinski definition) is 4. The van der Waals surface area contributed by atoms with Crippen LogP contribution in [0.5, 0.6) is 0 Å². The first kappa shape index (κ1) is 21.7. The van der Waals surface area contributed by atoms with Crippen molar-refractivity contribution in [2.45, 2.75) is 25.8 Å². The molecule has 1 saturated heterocycles. The summed E-state index contributed by atoms with van der Waals surface area (Å²) in [4.78, 5) is 15.3. The first-order chi connectivity index (χ1) is 12.7. The van der Waals surface area contributed by atoms with Gasteiger partial charge in [-0.1, -0.05) is 17.7 Å². The Morgan fingerprint density at radius 2 is 2.19 bits per heavy atom. The van der Waals surface area contributed by atoms with Gasteiger partial charge in [-0.05, 0) is 43.5 Å². The third-order valence-electron chi connectivity index (χ3n) is 4.47. The summed E-state index contributed by atoms with van der Waals surface area (Å²) in [6.45, 7) is 4.60. The molecule has 6 nitrogen and oxygen atoms in total. The summed E-state index contributed by atoms with van der Waals surface area (Å²) < 4.78 is 0. The van der Waals surface area contributed by atoms with E-state index in [1.807, 2.05) is 31.3 Å². The zero-order valence-corrected chi connectivity index (χ0v) is 18.7. The summed E-state index contributed by atoms with van der Waals surface area (Å²) in [7, 11) is 1.80. The maximum Gasteiger partial charge on any atom is 0.191 e. The first-order valence-electron chi connectivity index (χ1n) is 8.90. The van der Waals surface area contributed by atoms with E-state index in [0.717, 1.165) is 49.9 Å². The van der Waals surface area contributed by atoms with Gasteiger partial charge >= 0.3 is 0 Å². The zero-order chi connectivity index (χ0) is 18.4. The number of halogens is 2. The van der Waals surface area contributed by atoms with E-state index in [9.17, 15) is 0 Å². The van der Waals surface area contributed by atoms with Crippen LogP contribution in [0, 0.1) is 6.92 Å². The van der Waals surface area contributed by atoms with E-state index in [1.165, 1.54) is 5.56 Å². The van der Waals surface area contributed by atoms with E-state index in [0.29, 0.717) is 11.1 Å². The largest absolute Gasteiger partial charge is 0.356 e. The Kier molecular flexibility index (Phi) is 8.56. The molecule has 1 aliphatic heterocycles. The Morgan fingerprint density at radius 3 is 2.89 bits per heavy atom. The smallest absolute Gasteiger partial charge is 0.191 e. The van der Waals surface area contributed by atoms with Crippen molar-refractivity contribution in [3.8, 4) is 0 Å². The van der Waals surface area contributed by atoms with Crippen molar-refractivity contribution in [2.24, 2.45) is 4.99 Å². The number of nitrogens with zero attached hydrogens (tertiary/aromatic N) is 4. The van der Waals surface area contributed by atoms with Crippen molar-refractivity contribution in [3.63, 3.8) is 0 Å². The maximum atomic E-state index is 6.26. The topological polar surface area (TPSA) is 65.4 Å². The second kappa shape index (κ2) is 10.7. The van der Waals surface area contributed by atoms with Gasteiger partial charge in [0.2, 0.25) is 0 Å². The summed E-state index contributed by atoms with van der Waals surface area (Å²) in [5.74, 6) is 1.68. The molecule has 3 heterocycles. The second-order valence-corrected chi connectivity index (χ2v) is 6.85. The number of aromatic nitrogens is 2. The van der Waals surface area contributed by atoms with Crippen LogP contribution in [0.1, 0.15) is 17.7 Å². The highest BCUT2D eigenvalue weighted by atomic mass is 127. The molecule has 8 heteroatoms. The number of guanidine groups is 1. The summed E-state index contributed by atoms with van der Waals surface area (Å²) in [6.07, 6.45) is 5.64. The van der Waals surface area contributed by atoms with Crippen LogP contribution in [-0.4, -0.2) is 48.7 Å². The molecule has 0 bridgehead atoms. The normalized spacial score (nSPS) is 16.8. The van der Waals surface area contributed by atoms with Crippen molar-refractivity contribution in [2.75, 3.05) is 31.6 Å². The lowest BCUT2D eigenvalue weighted by Gasteiger charge is -2.20. The maximum absolute atomic E-state index is 6.26. The van der Waals surface area contributed by atoms with Crippen LogP contribution in [-0.2, 0) is 6.42 Å². The van der Waals surface area contributed by atoms with Gasteiger partial charge < -0.3 is 15.5 Å². The lowest BCUT2D eigenvalue weighted by molar-refractivity contribution is 0.648. The van der Waals surface area contributed by atoms with Gasteiger partial charge in [-0.2, -0.15) is 0 Å². The number of rotatable bonds is 5. The molecule has 0 spiro atoms. The fourth-order valence-corrected chi connectivity index (χ4v) is 3.28. The predicted molar refractivity (Wildman–Crippen MR) is 122 cm³/mol. The number of aliphatic imine (C=N–C) groups is 1. The average Bonchev–Trinajstić information content (AvgIpc) is 3.11. The van der Waals surface area contributed by atoms with Gasteiger partial charge in [-0.3, -0.25) is 9.98 Å². The second-order valence-electron chi connectivity index (χ2n) is 6.44. The molecule has 1 aliphatic rings. The van der Waals surface area contributed by atoms with Crippen LogP contribution in [0.15, 0.2) is 41.7 Å². The van der Waals surface area contributed by atoms with Crippen LogP contribution in [0.2, 0.25) is 5.02 Å². The molecule has 146 valence electrons. The van der Waals surface area contributed by atoms with Gasteiger partial charge in [0, 0.05) is 50.8 Å². The van der Waals surface area contributed by atoms with E-state index in [2.05, 4.69) is 36.6 Å². The van der Waals surface area contributed by atoms with E-state index in [4.69, 9.17) is 11.6 Å². The Hall–Kier alpha value is -1.61. The summed E-state index contributed by atoms with van der Waals surface area (Å²) in [5, 5.41) is 7.56. The summed E-state index contributed by atoms with van der Waals surface area (Å²) >= 11 is 6.26. The van der Waals surface area contributed by atoms with E-state index < -0.39 is 0 Å². The number of hydrogen-bond donors (Lipinski definition) is 2. The molecule has 2 aromatic rings. The highest BCUT2D eigenvalue weighted by Gasteiger charge is 2.25. The monoisotopic (exact) mass is 500 g/mol. The lowest BCUT2D eigenvalue weighted by atomic mass is 10.2. The molecule has 2 aromatic heterocycles. The molecule has 1 fully saturated rings. The fourth-order valence-electron chi connectivity index (χ4n) is 3.04. The average molecular weight is 501 g/mol. The number of pyridine rings is 2. The molecule has 2 N–H and O–H groups in total. The minimum absolute atomic E-state index is 0. The van der Waals surface area contributed by atoms with Crippen molar-refractivity contribution in [1.29, 1.82) is 0 Å². The lowest BCUT2D eigenvalue weighted by Crippen LogP contribution is -2.45. The van der Waals surface area contributed by atoms with Crippen molar-refractivity contribution >= 4 is 47.4 Å². The molecule has 1 unspecified atom stereocenters. The highest BCUT2D eigenvalue weighted by molar-refractivity contribution is 14.0. The molecule has 0 aromatic carbocycles. The number of nitrogens with one attached hydrogen (secondary N) is 2. The van der Waals surface area contributed by atoms with E-state index in [1.54, 1.807) is 13.2 Å². The molecule has 0 aliphatic carbocycles. The Balaban J connectivity index is 0.00000261. The van der Waals surface area contributed by atoms with Crippen molar-refractivity contribution in [1.82, 2.24) is 20.6 Å². The van der Waals surface area contributed by atoms with Gasteiger partial charge in [0.15, 0.2) is 5.96 Å². The Morgan fingerprint density at radius 1 is 1.33 bits per heavy atom. The highest BCUT2D eigenvalue weighted by Crippen LogP contribution is 2.25. The standard InChI is InChI=1S/C19H25ClN6.HI/c1-14-5-6-15(12-24-14)7-10-23-19(21-2)25-16-8-11-26(13-16)18-17(20)4-3-9-22-18;/h3-6,9,12,16H,7-8,10-11,13H2,1-2H3,(H2,21,23,25);1H.